The summed E-state index contributed by atoms with van der Waals surface area (Å²) in [4.78, 5) is 65.9. The third-order valence-electron chi connectivity index (χ3n) is 5.38. The van der Waals surface area contributed by atoms with E-state index in [9.17, 15) is 28.8 Å². The number of aliphatic hydroxyl groups excluding tert-OH is 1. The van der Waals surface area contributed by atoms with Crippen LogP contribution in [0.4, 0.5) is 5.69 Å². The van der Waals surface area contributed by atoms with Crippen LogP contribution in [0.15, 0.2) is 48.5 Å². The van der Waals surface area contributed by atoms with E-state index < -0.39 is 23.9 Å². The Morgan fingerprint density at radius 3 is 1.87 bits per heavy atom. The average molecular weight is 656 g/mol. The van der Waals surface area contributed by atoms with E-state index in [4.69, 9.17) is 10.2 Å². The maximum atomic E-state index is 11.7. The molecule has 14 heteroatoms. The minimum absolute atomic E-state index is 0. The summed E-state index contributed by atoms with van der Waals surface area (Å²) in [5.41, 5.74) is 2.75. The van der Waals surface area contributed by atoms with E-state index in [1.165, 1.54) is 12.5 Å². The molecular formula is C31H46KN5O8. The van der Waals surface area contributed by atoms with Gasteiger partial charge in [0.1, 0.15) is 24.4 Å². The molecule has 0 saturated carbocycles. The van der Waals surface area contributed by atoms with Crippen LogP contribution in [0.25, 0.3) is 0 Å². The van der Waals surface area contributed by atoms with Crippen LogP contribution in [-0.4, -0.2) is 85.7 Å². The number of benzene rings is 2. The predicted molar refractivity (Wildman–Crippen MR) is 169 cm³/mol. The van der Waals surface area contributed by atoms with Gasteiger partial charge in [0.15, 0.2) is 0 Å². The van der Waals surface area contributed by atoms with Gasteiger partial charge in [-0.2, -0.15) is 24.6 Å². The number of amides is 4. The van der Waals surface area contributed by atoms with Crippen molar-refractivity contribution in [3.05, 3.63) is 66.6 Å². The molecule has 244 valence electrons. The number of hydrogen-bond donors (Lipinski definition) is 7. The quantitative estimate of drug-likeness (QED) is 0.0758. The zero-order valence-corrected chi connectivity index (χ0v) is 30.3. The minimum Gasteiger partial charge on any atom is -0.508 e. The third kappa shape index (κ3) is 23.9. The molecule has 4 amide bonds. The number of phenolic OH excluding ortho intramolecular Hbond substituents is 1. The zero-order valence-electron chi connectivity index (χ0n) is 27.2. The fourth-order valence-corrected chi connectivity index (χ4v) is 3.03. The van der Waals surface area contributed by atoms with Crippen LogP contribution < -0.4 is 78.0 Å². The number of carbonyl (C=O) groups is 6. The van der Waals surface area contributed by atoms with Crippen LogP contribution in [0, 0.1) is 19.8 Å². The Kier molecular flexibility index (Phi) is 29.2. The second kappa shape index (κ2) is 28.4. The Morgan fingerprint density at radius 2 is 1.44 bits per heavy atom. The molecule has 0 aromatic heterocycles. The van der Waals surface area contributed by atoms with Crippen LogP contribution in [0.1, 0.15) is 38.3 Å². The first-order valence-electron chi connectivity index (χ1n) is 13.6. The summed E-state index contributed by atoms with van der Waals surface area (Å²) in [6.45, 7) is 10.3. The molecule has 2 rings (SSSR count). The summed E-state index contributed by atoms with van der Waals surface area (Å²) < 4.78 is 0. The van der Waals surface area contributed by atoms with Crippen LogP contribution in [0.3, 0.4) is 0 Å². The zero-order chi connectivity index (χ0) is 34.1. The van der Waals surface area contributed by atoms with Crippen molar-refractivity contribution in [3.8, 4) is 5.75 Å². The fourth-order valence-electron chi connectivity index (χ4n) is 3.03. The summed E-state index contributed by atoms with van der Waals surface area (Å²) in [7, 11) is 2.65. The van der Waals surface area contributed by atoms with Gasteiger partial charge in [-0.3, -0.25) is 19.2 Å². The number of aliphatic hydroxyl groups is 1. The molecule has 0 bridgehead atoms. The van der Waals surface area contributed by atoms with Gasteiger partial charge in [-0.1, -0.05) is 43.7 Å². The van der Waals surface area contributed by atoms with Gasteiger partial charge >= 0.3 is 51.4 Å². The van der Waals surface area contributed by atoms with Gasteiger partial charge in [-0.25, -0.2) is 0 Å². The number of anilines is 1. The van der Waals surface area contributed by atoms with E-state index in [2.05, 4.69) is 33.5 Å². The van der Waals surface area contributed by atoms with Crippen molar-refractivity contribution in [2.45, 2.75) is 46.2 Å². The molecule has 0 saturated heterocycles. The van der Waals surface area contributed by atoms with Gasteiger partial charge < -0.3 is 46.4 Å². The van der Waals surface area contributed by atoms with Crippen LogP contribution in [-0.2, 0) is 28.8 Å². The number of carbonyl (C=O) groups excluding carboxylic acids is 6. The van der Waals surface area contributed by atoms with Gasteiger partial charge in [0.25, 0.3) is 0 Å². The van der Waals surface area contributed by atoms with Crippen LogP contribution in [0.5, 0.6) is 5.75 Å². The Bertz CT molecular complexity index is 1120. The van der Waals surface area contributed by atoms with Gasteiger partial charge in [0, 0.05) is 26.1 Å². The van der Waals surface area contributed by atoms with Gasteiger partial charge in [0.05, 0.1) is 19.1 Å². The molecular weight excluding hydrogens is 609 g/mol. The molecule has 45 heavy (non-hydrogen) atoms. The second-order valence-corrected chi connectivity index (χ2v) is 9.38. The number of aromatic hydroxyl groups is 1. The Labute approximate surface area is 308 Å². The minimum atomic E-state index is -0.730. The number of aryl methyl sites for hydroxylation is 1. The van der Waals surface area contributed by atoms with Crippen molar-refractivity contribution in [2.75, 3.05) is 32.6 Å². The number of hydrogen-bond acceptors (Lipinski definition) is 9. The first kappa shape index (κ1) is 46.3. The van der Waals surface area contributed by atoms with Gasteiger partial charge in [0.2, 0.25) is 23.6 Å². The van der Waals surface area contributed by atoms with E-state index in [0.29, 0.717) is 17.7 Å². The van der Waals surface area contributed by atoms with Crippen molar-refractivity contribution in [1.29, 1.82) is 0 Å². The summed E-state index contributed by atoms with van der Waals surface area (Å²) >= 11 is 0. The molecule has 0 aliphatic rings. The number of rotatable bonds is 12. The fraction of sp³-hybridized carbons (Fsp3) is 0.387. The topological polar surface area (TPSA) is 203 Å². The van der Waals surface area contributed by atoms with Gasteiger partial charge in [-0.15, -0.1) is 0 Å². The molecule has 13 nitrogen and oxygen atoms in total. The SMILES string of the molecule is CC(=O)NCC(=O)NC(C(=O)NCC=O)C(C)C.CO.Cc1ccc(O)cc1.[CH2-]c1ccc(NC(=O)C(CC=O)NC)cc1.[K+]. The molecule has 2 aromatic carbocycles. The van der Waals surface area contributed by atoms with E-state index in [-0.39, 0.29) is 88.6 Å². The number of phenols is 1. The largest absolute Gasteiger partial charge is 1.00 e. The van der Waals surface area contributed by atoms with E-state index in [1.54, 1.807) is 45.2 Å². The van der Waals surface area contributed by atoms with Crippen molar-refractivity contribution >= 4 is 41.9 Å². The Morgan fingerprint density at radius 1 is 0.889 bits per heavy atom. The Hall–Kier alpha value is -3.11. The van der Waals surface area contributed by atoms with Crippen molar-refractivity contribution in [1.82, 2.24) is 21.3 Å². The molecule has 0 fully saturated rings. The monoisotopic (exact) mass is 655 g/mol. The number of aldehydes is 2. The van der Waals surface area contributed by atoms with Crippen molar-refractivity contribution in [2.24, 2.45) is 5.92 Å². The van der Waals surface area contributed by atoms with Crippen LogP contribution >= 0.6 is 0 Å². The first-order valence-corrected chi connectivity index (χ1v) is 13.6. The predicted octanol–water partition coefficient (Wildman–Crippen LogP) is -2.12. The third-order valence-corrected chi connectivity index (χ3v) is 5.38. The molecule has 7 N–H and O–H groups in total. The molecule has 2 unspecified atom stereocenters. The number of nitrogens with one attached hydrogen (secondary N) is 5. The smallest absolute Gasteiger partial charge is 0.508 e. The molecule has 0 aliphatic heterocycles. The van der Waals surface area contributed by atoms with Crippen molar-refractivity contribution in [3.63, 3.8) is 0 Å². The van der Waals surface area contributed by atoms with Gasteiger partial charge in [-0.05, 0) is 32.0 Å². The van der Waals surface area contributed by atoms with E-state index in [0.717, 1.165) is 19.0 Å². The summed E-state index contributed by atoms with van der Waals surface area (Å²) in [6.07, 6.45) is 1.45. The number of likely N-dealkylation sites (N-methyl/N-ethyl adjacent to an activating group) is 1. The standard InChI is InChI=1S/C12H15N2O2.C11H19N3O4.C7H8O.CH4O.K/c1-9-3-5-10(6-4-9)14-12(16)11(13-2)7-8-15;1-7(2)10(11(18)12-4-5-15)14-9(17)6-13-8(3)16;1-6-2-4-7(8)5-3-6;1-2;/h3-6,8,11,13H,1,7H2,2H3,(H,14,16);5,7,10H,4,6H2,1-3H3,(H,12,18)(H,13,16)(H,14,17);2-5,8H,1H3;2H,1H3;/q-1;;;;+1. The van der Waals surface area contributed by atoms with E-state index in [1.807, 2.05) is 31.2 Å². The summed E-state index contributed by atoms with van der Waals surface area (Å²) in [5, 5.41) is 28.5. The average Bonchev–Trinajstić information content (AvgIpc) is 3.00. The molecule has 2 aromatic rings. The Balaban J connectivity index is -0.000000597. The van der Waals surface area contributed by atoms with Crippen molar-refractivity contribution < 1.29 is 90.4 Å². The summed E-state index contributed by atoms with van der Waals surface area (Å²) in [6, 6.07) is 13.0. The van der Waals surface area contributed by atoms with E-state index >= 15 is 0 Å². The molecule has 2 atom stereocenters. The maximum Gasteiger partial charge on any atom is 1.00 e. The molecule has 0 radical (unpaired) electrons. The normalized spacial score (nSPS) is 10.6. The molecule has 0 heterocycles. The first-order chi connectivity index (χ1) is 20.8. The second-order valence-electron chi connectivity index (χ2n) is 9.38. The molecule has 0 aliphatic carbocycles. The molecule has 0 spiro atoms. The maximum absolute atomic E-state index is 11.7. The summed E-state index contributed by atoms with van der Waals surface area (Å²) in [5.74, 6) is -1.21. The van der Waals surface area contributed by atoms with Crippen LogP contribution in [0.2, 0.25) is 0 Å².